The number of nitrogens with zero attached hydrogens (tertiary/aromatic N) is 2. The summed E-state index contributed by atoms with van der Waals surface area (Å²) in [6.45, 7) is 5.22. The average molecular weight is 378 g/mol. The Morgan fingerprint density at radius 2 is 2.30 bits per heavy atom. The van der Waals surface area contributed by atoms with Crippen molar-refractivity contribution in [2.75, 3.05) is 6.61 Å². The van der Waals surface area contributed by atoms with Crippen LogP contribution in [0.2, 0.25) is 0 Å². The van der Waals surface area contributed by atoms with Crippen LogP contribution in [0, 0.1) is 6.92 Å². The van der Waals surface area contributed by atoms with Gasteiger partial charge in [0.05, 0.1) is 12.7 Å². The van der Waals surface area contributed by atoms with Crippen LogP contribution in [0.25, 0.3) is 0 Å². The van der Waals surface area contributed by atoms with Crippen molar-refractivity contribution in [2.24, 2.45) is 0 Å². The quantitative estimate of drug-likeness (QED) is 0.578. The number of aliphatic hydroxyl groups is 1. The van der Waals surface area contributed by atoms with Gasteiger partial charge in [0.2, 0.25) is 5.88 Å². The van der Waals surface area contributed by atoms with Gasteiger partial charge in [-0.1, -0.05) is 0 Å². The fraction of sp³-hybridized carbons (Fsp3) is 0.545. The molecule has 1 fully saturated rings. The van der Waals surface area contributed by atoms with Crippen LogP contribution in [0.4, 0.5) is 0 Å². The molecule has 20 heavy (non-hydrogen) atoms. The van der Waals surface area contributed by atoms with Gasteiger partial charge in [-0.05, 0) is 0 Å². The molecule has 1 aliphatic heterocycles. The Kier molecular flexibility index (Phi) is 9.97. The predicted molar refractivity (Wildman–Crippen MR) is 71.4 cm³/mol. The van der Waals surface area contributed by atoms with Gasteiger partial charge in [-0.2, -0.15) is 11.9 Å². The molecule has 111 valence electrons. The molecule has 1 aliphatic rings. The van der Waals surface area contributed by atoms with Crippen LogP contribution in [0.5, 0.6) is 5.88 Å². The fourth-order valence-corrected chi connectivity index (χ4v) is 1.94. The molecule has 9 heteroatoms. The predicted octanol–water partition coefficient (Wildman–Crippen LogP) is 0.242. The van der Waals surface area contributed by atoms with Gasteiger partial charge in [-0.25, -0.2) is 4.79 Å². The molecular weight excluding hydrogens is 360 g/mol. The van der Waals surface area contributed by atoms with Gasteiger partial charge in [0.25, 0.3) is 0 Å². The molecule has 0 bridgehead atoms. The summed E-state index contributed by atoms with van der Waals surface area (Å²) < 4.78 is 11.5. The maximum Gasteiger partial charge on any atom is 0.352 e. The van der Waals surface area contributed by atoms with Gasteiger partial charge in [0.15, 0.2) is 0 Å². The van der Waals surface area contributed by atoms with Crippen molar-refractivity contribution in [3.8, 4) is 5.88 Å². The van der Waals surface area contributed by atoms with Gasteiger partial charge in [-0.3, -0.25) is 4.57 Å². The minimum absolute atomic E-state index is 0. The summed E-state index contributed by atoms with van der Waals surface area (Å²) in [5.74, 6) is -0.338. The molecule has 0 spiro atoms. The van der Waals surface area contributed by atoms with Crippen molar-refractivity contribution in [2.45, 2.75) is 31.8 Å². The smallest absolute Gasteiger partial charge is 0.352 e. The van der Waals surface area contributed by atoms with Crippen molar-refractivity contribution in [3.63, 3.8) is 0 Å². The van der Waals surface area contributed by atoms with E-state index in [9.17, 15) is 9.90 Å². The van der Waals surface area contributed by atoms with Crippen LogP contribution in [-0.2, 0) is 42.0 Å². The van der Waals surface area contributed by atoms with Crippen LogP contribution >= 0.6 is 9.47 Å². The first-order valence-electron chi connectivity index (χ1n) is 5.76. The first kappa shape index (κ1) is 20.1. The van der Waals surface area contributed by atoms with Crippen molar-refractivity contribution < 1.29 is 52.2 Å². The second kappa shape index (κ2) is 9.93. The summed E-state index contributed by atoms with van der Waals surface area (Å²) >= 11 is 0. The van der Waals surface area contributed by atoms with Gasteiger partial charge < -0.3 is 26.4 Å². The van der Waals surface area contributed by atoms with Crippen molar-refractivity contribution in [3.05, 3.63) is 29.7 Å². The Hall–Kier alpha value is 0.0939. The monoisotopic (exact) mass is 378 g/mol. The third kappa shape index (κ3) is 5.13. The molecule has 0 saturated carbocycles. The molecule has 1 unspecified atom stereocenters. The summed E-state index contributed by atoms with van der Waals surface area (Å²) in [4.78, 5) is 14.9. The molecule has 0 amide bonds. The molecule has 1 saturated heterocycles. The zero-order chi connectivity index (χ0) is 14.4. The molecule has 1 aromatic heterocycles. The van der Waals surface area contributed by atoms with E-state index in [1.165, 1.54) is 16.8 Å². The fourth-order valence-electron chi connectivity index (χ4n) is 1.75. The average Bonchev–Trinajstić information content (AvgIpc) is 2.74. The number of hydrogen-bond donors (Lipinski definition) is 2. The maximum absolute atomic E-state index is 11.5. The van der Waals surface area contributed by atoms with Gasteiger partial charge in [0, 0.05) is 60.9 Å². The van der Waals surface area contributed by atoms with Gasteiger partial charge in [0.1, 0.15) is 12.3 Å². The van der Waals surface area contributed by atoms with Crippen molar-refractivity contribution in [1.29, 1.82) is 0 Å². The number of aromatic nitrogens is 2. The minimum atomic E-state index is -0.693. The molecule has 1 aromatic rings. The maximum atomic E-state index is 11.5. The van der Waals surface area contributed by atoms with E-state index in [4.69, 9.17) is 14.4 Å². The summed E-state index contributed by atoms with van der Waals surface area (Å²) in [7, 11) is 2.08. The molecule has 0 aromatic carbocycles. The third-order valence-corrected chi connectivity index (χ3v) is 2.78. The molecule has 0 aliphatic carbocycles. The molecule has 1 radical (unpaired) electrons. The van der Waals surface area contributed by atoms with E-state index in [1.54, 1.807) is 6.92 Å². The third-order valence-electron chi connectivity index (χ3n) is 2.59. The number of rotatable bonds is 3. The molecule has 4 atom stereocenters. The van der Waals surface area contributed by atoms with Crippen LogP contribution in [-0.4, -0.2) is 38.6 Å². The summed E-state index contributed by atoms with van der Waals surface area (Å²) in [5, 5.41) is 18.7. The normalized spacial score (nSPS) is 24.5. The Labute approximate surface area is 144 Å². The summed E-state index contributed by atoms with van der Waals surface area (Å²) in [5.41, 5.74) is -0.616. The second-order valence-electron chi connectivity index (χ2n) is 3.74. The van der Waals surface area contributed by atoms with E-state index >= 15 is 0 Å². The SMILES string of the molecule is O=c1nc(O)ccn1[C@H]1C[C@@H](O)[C@@H](COP)O1.[CH2-]C.[Y]. The topological polar surface area (TPSA) is 93.8 Å². The first-order chi connectivity index (χ1) is 9.11. The second-order valence-corrected chi connectivity index (χ2v) is 4.07. The zero-order valence-corrected chi connectivity index (χ0v) is 15.2. The molecule has 7 nitrogen and oxygen atoms in total. The van der Waals surface area contributed by atoms with Crippen LogP contribution in [0.15, 0.2) is 17.1 Å². The first-order valence-corrected chi connectivity index (χ1v) is 6.23. The van der Waals surface area contributed by atoms with Crippen LogP contribution < -0.4 is 5.69 Å². The molecular formula is C11H18N2O5PY-. The number of hydrogen-bond acceptors (Lipinski definition) is 6. The Morgan fingerprint density at radius 1 is 1.65 bits per heavy atom. The van der Waals surface area contributed by atoms with Crippen molar-refractivity contribution in [1.82, 2.24) is 9.55 Å². The van der Waals surface area contributed by atoms with Crippen LogP contribution in [0.3, 0.4) is 0 Å². The van der Waals surface area contributed by atoms with E-state index in [-0.39, 0.29) is 51.6 Å². The van der Waals surface area contributed by atoms with E-state index < -0.39 is 24.1 Å². The van der Waals surface area contributed by atoms with Gasteiger partial charge in [-0.15, -0.1) is 0 Å². The Bertz CT molecular complexity index is 459. The molecule has 2 rings (SSSR count). The number of aliphatic hydroxyl groups excluding tert-OH is 1. The van der Waals surface area contributed by atoms with Crippen LogP contribution in [0.1, 0.15) is 19.6 Å². The largest absolute Gasteiger partial charge is 0.493 e. The zero-order valence-electron chi connectivity index (χ0n) is 11.2. The molecule has 2 N–H and O–H groups in total. The number of aromatic hydroxyl groups is 1. The van der Waals surface area contributed by atoms with Gasteiger partial charge >= 0.3 is 5.69 Å². The Morgan fingerprint density at radius 3 is 2.85 bits per heavy atom. The summed E-state index contributed by atoms with van der Waals surface area (Å²) in [6.07, 6.45) is -0.0907. The minimum Gasteiger partial charge on any atom is -0.493 e. The van der Waals surface area contributed by atoms with E-state index in [0.717, 1.165) is 0 Å². The van der Waals surface area contributed by atoms with E-state index in [1.807, 2.05) is 0 Å². The standard InChI is InChI=1S/C9H13N2O5P.C2H5.Y/c12-5-3-8(16-6(5)4-15-17)11-2-1-7(13)10-9(11)14;1-2;/h1-2,5-6,8,12H,3-4,17H2,(H,10,13,14);1H2,2H3;/q;-1;/t5-,6-,8-;;/m1../s1. The number of ether oxygens (including phenoxy) is 1. The Balaban J connectivity index is 0.00000115. The summed E-state index contributed by atoms with van der Waals surface area (Å²) in [6, 6.07) is 1.29. The molecule has 2 heterocycles. The van der Waals surface area contributed by atoms with E-state index in [0.29, 0.717) is 0 Å². The van der Waals surface area contributed by atoms with E-state index in [2.05, 4.69) is 21.4 Å². The van der Waals surface area contributed by atoms with Crippen molar-refractivity contribution >= 4 is 9.47 Å².